The van der Waals surface area contributed by atoms with Crippen LogP contribution in [0.4, 0.5) is 0 Å². The van der Waals surface area contributed by atoms with Crippen LogP contribution in [0.3, 0.4) is 0 Å². The Balaban J connectivity index is 2.38. The van der Waals surface area contributed by atoms with Crippen LogP contribution in [-0.2, 0) is 0 Å². The lowest BCUT2D eigenvalue weighted by molar-refractivity contribution is 0.823. The number of rotatable bonds is 1. The third-order valence-corrected chi connectivity index (χ3v) is 4.00. The van der Waals surface area contributed by atoms with Crippen molar-refractivity contribution in [3.63, 3.8) is 0 Å². The zero-order valence-corrected chi connectivity index (χ0v) is 9.13. The van der Waals surface area contributed by atoms with Crippen molar-refractivity contribution in [2.24, 2.45) is 5.92 Å². The van der Waals surface area contributed by atoms with Gasteiger partial charge in [-0.1, -0.05) is 49.1 Å². The van der Waals surface area contributed by atoms with Crippen LogP contribution in [0.15, 0.2) is 59.6 Å². The number of fused-ring (bicyclic) bond motifs is 1. The molecule has 0 aromatic carbocycles. The van der Waals surface area contributed by atoms with Crippen LogP contribution in [0.2, 0.25) is 0 Å². The van der Waals surface area contributed by atoms with Crippen LogP contribution < -0.4 is 0 Å². The van der Waals surface area contributed by atoms with Gasteiger partial charge in [0.2, 0.25) is 0 Å². The molecule has 0 aromatic heterocycles. The molecule has 14 heavy (non-hydrogen) atoms. The zero-order chi connectivity index (χ0) is 9.97. The van der Waals surface area contributed by atoms with Crippen molar-refractivity contribution < 1.29 is 0 Å². The summed E-state index contributed by atoms with van der Waals surface area (Å²) in [5, 5.41) is 0.595. The Labute approximate surface area is 89.8 Å². The molecule has 0 nitrogen and oxygen atoms in total. The largest absolute Gasteiger partial charge is 0.118 e. The molecule has 0 spiro atoms. The Bertz CT molecular complexity index is 355. The first-order valence-corrected chi connectivity index (χ1v) is 5.75. The van der Waals surface area contributed by atoms with Crippen molar-refractivity contribution in [1.82, 2.24) is 0 Å². The second-order valence-corrected chi connectivity index (χ2v) is 4.61. The third kappa shape index (κ3) is 1.53. The second-order valence-electron chi connectivity index (χ2n) is 3.39. The van der Waals surface area contributed by atoms with Gasteiger partial charge in [-0.15, -0.1) is 11.8 Å². The van der Waals surface area contributed by atoms with E-state index in [0.29, 0.717) is 11.2 Å². The Hall–Kier alpha value is -0.950. The van der Waals surface area contributed by atoms with Gasteiger partial charge in [-0.05, 0) is 12.5 Å². The van der Waals surface area contributed by atoms with Gasteiger partial charge in [0.05, 0.1) is 0 Å². The van der Waals surface area contributed by atoms with Gasteiger partial charge in [0.15, 0.2) is 0 Å². The molecule has 1 saturated heterocycles. The molecule has 2 rings (SSSR count). The molecule has 1 aliphatic heterocycles. The smallest absolute Gasteiger partial charge is 0.0381 e. The fourth-order valence-electron chi connectivity index (χ4n) is 1.91. The maximum atomic E-state index is 3.78. The lowest BCUT2D eigenvalue weighted by Gasteiger charge is -2.13. The predicted octanol–water partition coefficient (Wildman–Crippen LogP) is 3.86. The first kappa shape index (κ1) is 9.60. The number of hydrogen-bond donors (Lipinski definition) is 0. The normalized spacial score (nSPS) is 35.2. The summed E-state index contributed by atoms with van der Waals surface area (Å²) in [7, 11) is 0. The average molecular weight is 202 g/mol. The summed E-state index contributed by atoms with van der Waals surface area (Å²) in [6, 6.07) is 0. The van der Waals surface area contributed by atoms with Crippen LogP contribution in [0.5, 0.6) is 0 Å². The minimum Gasteiger partial charge on any atom is -0.118 e. The molecule has 0 N–H and O–H groups in total. The molecule has 72 valence electrons. The van der Waals surface area contributed by atoms with E-state index in [1.807, 2.05) is 17.8 Å². The SMILES string of the molecule is C=C/C=C1\C(=C/C)SC2C=CC=CC12. The molecule has 0 amide bonds. The molecule has 0 bridgehead atoms. The van der Waals surface area contributed by atoms with E-state index in [1.165, 1.54) is 10.5 Å². The Morgan fingerprint density at radius 1 is 1.36 bits per heavy atom. The maximum absolute atomic E-state index is 3.78. The van der Waals surface area contributed by atoms with Crippen LogP contribution in [0.1, 0.15) is 6.92 Å². The highest BCUT2D eigenvalue weighted by Crippen LogP contribution is 2.48. The monoisotopic (exact) mass is 202 g/mol. The second kappa shape index (κ2) is 4.05. The van der Waals surface area contributed by atoms with E-state index < -0.39 is 0 Å². The van der Waals surface area contributed by atoms with E-state index in [0.717, 1.165) is 0 Å². The van der Waals surface area contributed by atoms with Crippen LogP contribution in [-0.4, -0.2) is 5.25 Å². The minimum atomic E-state index is 0.550. The Kier molecular flexibility index (Phi) is 2.78. The zero-order valence-electron chi connectivity index (χ0n) is 8.31. The van der Waals surface area contributed by atoms with Crippen molar-refractivity contribution in [2.75, 3.05) is 0 Å². The van der Waals surface area contributed by atoms with Gasteiger partial charge in [-0.3, -0.25) is 0 Å². The molecule has 2 unspecified atom stereocenters. The molecule has 1 fully saturated rings. The highest BCUT2D eigenvalue weighted by atomic mass is 32.2. The van der Waals surface area contributed by atoms with Crippen LogP contribution >= 0.6 is 11.8 Å². The van der Waals surface area contributed by atoms with Crippen molar-refractivity contribution in [3.05, 3.63) is 59.6 Å². The molecule has 1 heterocycles. The van der Waals surface area contributed by atoms with Crippen molar-refractivity contribution >= 4 is 11.8 Å². The van der Waals surface area contributed by atoms with Crippen LogP contribution in [0, 0.1) is 5.92 Å². The van der Waals surface area contributed by atoms with E-state index >= 15 is 0 Å². The summed E-state index contributed by atoms with van der Waals surface area (Å²) in [5.41, 5.74) is 1.41. The van der Waals surface area contributed by atoms with Gasteiger partial charge in [0.25, 0.3) is 0 Å². The van der Waals surface area contributed by atoms with Gasteiger partial charge in [0, 0.05) is 16.1 Å². The van der Waals surface area contributed by atoms with Crippen LogP contribution in [0.25, 0.3) is 0 Å². The van der Waals surface area contributed by atoms with Gasteiger partial charge in [-0.2, -0.15) is 0 Å². The summed E-state index contributed by atoms with van der Waals surface area (Å²) in [6.07, 6.45) is 15.0. The molecule has 2 atom stereocenters. The lowest BCUT2D eigenvalue weighted by atomic mass is 9.91. The van der Waals surface area contributed by atoms with Crippen molar-refractivity contribution in [2.45, 2.75) is 12.2 Å². The topological polar surface area (TPSA) is 0 Å². The van der Waals surface area contributed by atoms with Gasteiger partial charge < -0.3 is 0 Å². The van der Waals surface area contributed by atoms with E-state index in [2.05, 4.69) is 50.0 Å². The number of thioether (sulfide) groups is 1. The van der Waals surface area contributed by atoms with Gasteiger partial charge >= 0.3 is 0 Å². The van der Waals surface area contributed by atoms with E-state index in [-0.39, 0.29) is 0 Å². The Morgan fingerprint density at radius 2 is 2.14 bits per heavy atom. The molecule has 0 aromatic rings. The highest BCUT2D eigenvalue weighted by molar-refractivity contribution is 8.04. The number of hydrogen-bond acceptors (Lipinski definition) is 1. The van der Waals surface area contributed by atoms with Crippen molar-refractivity contribution in [1.29, 1.82) is 0 Å². The molecule has 0 saturated carbocycles. The predicted molar refractivity (Wildman–Crippen MR) is 65.2 cm³/mol. The molecule has 1 heteroatoms. The molecule has 2 aliphatic rings. The highest BCUT2D eigenvalue weighted by Gasteiger charge is 2.32. The van der Waals surface area contributed by atoms with Gasteiger partial charge in [0.1, 0.15) is 0 Å². The standard InChI is InChI=1S/C13H14S/c1-3-7-10-11-8-5-6-9-13(11)14-12(10)4-2/h3-9,11,13H,1H2,2H3/b10-7-,12-4+. The average Bonchev–Trinajstić information content (AvgIpc) is 2.58. The fraction of sp³-hybridized carbons (Fsp3) is 0.231. The quantitative estimate of drug-likeness (QED) is 0.622. The first-order chi connectivity index (χ1) is 6.86. The number of allylic oxidation sites excluding steroid dienone is 7. The minimum absolute atomic E-state index is 0.550. The third-order valence-electron chi connectivity index (χ3n) is 2.55. The summed E-state index contributed by atoms with van der Waals surface area (Å²) in [4.78, 5) is 1.40. The van der Waals surface area contributed by atoms with E-state index in [4.69, 9.17) is 0 Å². The lowest BCUT2D eigenvalue weighted by Crippen LogP contribution is -2.09. The molecular weight excluding hydrogens is 188 g/mol. The summed E-state index contributed by atoms with van der Waals surface area (Å²) in [6.45, 7) is 5.88. The first-order valence-electron chi connectivity index (χ1n) is 4.87. The van der Waals surface area contributed by atoms with Crippen molar-refractivity contribution in [3.8, 4) is 0 Å². The molecule has 0 radical (unpaired) electrons. The van der Waals surface area contributed by atoms with E-state index in [1.54, 1.807) is 0 Å². The molecular formula is C13H14S. The summed E-state index contributed by atoms with van der Waals surface area (Å²) < 4.78 is 0. The summed E-state index contributed by atoms with van der Waals surface area (Å²) in [5.74, 6) is 0.550. The Morgan fingerprint density at radius 3 is 2.86 bits per heavy atom. The summed E-state index contributed by atoms with van der Waals surface area (Å²) >= 11 is 1.95. The van der Waals surface area contributed by atoms with E-state index in [9.17, 15) is 0 Å². The molecule has 1 aliphatic carbocycles. The maximum Gasteiger partial charge on any atom is 0.0381 e. The van der Waals surface area contributed by atoms with Gasteiger partial charge in [-0.25, -0.2) is 0 Å². The fourth-order valence-corrected chi connectivity index (χ4v) is 3.24.